The van der Waals surface area contributed by atoms with Crippen LogP contribution in [0, 0.1) is 0 Å². The Morgan fingerprint density at radius 2 is 0.788 bits per heavy atom. The molecule has 0 bridgehead atoms. The van der Waals surface area contributed by atoms with Crippen LogP contribution in [0.5, 0.6) is 0 Å². The van der Waals surface area contributed by atoms with Crippen LogP contribution >= 0.6 is 11.3 Å². The third-order valence-corrected chi connectivity index (χ3v) is 14.9. The molecule has 2 nitrogen and oxygen atoms in total. The molecule has 0 radical (unpaired) electrons. The lowest BCUT2D eigenvalue weighted by atomic mass is 9.70. The molecule has 1 heterocycles. The fourth-order valence-electron chi connectivity index (χ4n) is 10.9. The summed E-state index contributed by atoms with van der Waals surface area (Å²) in [4.78, 5) is 6.19. The predicted octanol–water partition coefficient (Wildman–Crippen LogP) is 17.5. The van der Waals surface area contributed by atoms with Crippen LogP contribution in [0.25, 0.3) is 53.9 Å². The Morgan fingerprint density at radius 3 is 1.41 bits per heavy atom. The van der Waals surface area contributed by atoms with E-state index in [-0.39, 0.29) is 0 Å². The molecule has 310 valence electrons. The van der Waals surface area contributed by atoms with Gasteiger partial charge in [-0.1, -0.05) is 182 Å². The molecule has 1 aromatic heterocycles. The first kappa shape index (κ1) is 38.2. The zero-order valence-electron chi connectivity index (χ0n) is 36.1. The van der Waals surface area contributed by atoms with Crippen molar-refractivity contribution in [2.24, 2.45) is 0 Å². The minimum atomic E-state index is -0.547. The normalized spacial score (nSPS) is 14.1. The molecule has 66 heavy (non-hydrogen) atoms. The second-order valence-corrected chi connectivity index (χ2v) is 18.2. The maximum atomic E-state index is 2.48. The highest BCUT2D eigenvalue weighted by Gasteiger charge is 2.54. The van der Waals surface area contributed by atoms with E-state index < -0.39 is 5.41 Å². The Balaban J connectivity index is 1.06. The molecule has 0 N–H and O–H groups in total. The van der Waals surface area contributed by atoms with Crippen LogP contribution < -0.4 is 9.80 Å². The van der Waals surface area contributed by atoms with Crippen molar-refractivity contribution in [1.82, 2.24) is 0 Å². The van der Waals surface area contributed by atoms with Gasteiger partial charge in [-0.25, -0.2) is 0 Å². The number of hydrogen-bond acceptors (Lipinski definition) is 3. The summed E-state index contributed by atoms with van der Waals surface area (Å²) in [6.07, 6.45) is 0. The summed E-state index contributed by atoms with van der Waals surface area (Å²) in [5, 5.41) is 1.31. The molecular formula is C63H42N2S. The lowest BCUT2D eigenvalue weighted by Crippen LogP contribution is -2.26. The second kappa shape index (κ2) is 15.5. The minimum Gasteiger partial charge on any atom is -0.310 e. The van der Waals surface area contributed by atoms with Crippen LogP contribution in [0.15, 0.2) is 255 Å². The largest absolute Gasteiger partial charge is 0.310 e. The molecule has 0 amide bonds. The zero-order valence-corrected chi connectivity index (χ0v) is 36.9. The molecule has 13 rings (SSSR count). The highest BCUT2D eigenvalue weighted by atomic mass is 32.1. The molecule has 3 heteroatoms. The first-order valence-corrected chi connectivity index (χ1v) is 23.5. The van der Waals surface area contributed by atoms with Crippen molar-refractivity contribution in [3.63, 3.8) is 0 Å². The number of benzene rings is 10. The van der Waals surface area contributed by atoms with Crippen LogP contribution in [-0.2, 0) is 5.41 Å². The predicted molar refractivity (Wildman–Crippen MR) is 278 cm³/mol. The maximum absolute atomic E-state index is 2.48. The Labute approximate surface area is 389 Å². The molecule has 0 fully saturated rings. The summed E-state index contributed by atoms with van der Waals surface area (Å²) in [6, 6.07) is 93.5. The van der Waals surface area contributed by atoms with Gasteiger partial charge in [-0.15, -0.1) is 11.3 Å². The standard InChI is InChI=1S/C63H42N2S/c1-5-18-43(19-6-1)45-32-36-49(37-33-45)65(50-38-34-46(35-39-50)44-20-7-2-8-21-44)58-30-17-29-57-60(58)62-61(53-27-14-16-31-59(53)66-62)63(57)55-28-15-13-26-52(55)54-42-51(40-41-56(54)63)64(47-22-9-3-10-23-47)48-24-11-4-12-25-48/h1-42H. The molecule has 1 spiro atoms. The van der Waals surface area contributed by atoms with Crippen LogP contribution in [0.1, 0.15) is 22.3 Å². The molecule has 11 aromatic rings. The molecular weight excluding hydrogens is 817 g/mol. The van der Waals surface area contributed by atoms with Crippen molar-refractivity contribution in [2.75, 3.05) is 9.80 Å². The van der Waals surface area contributed by atoms with E-state index in [0.717, 1.165) is 28.4 Å². The molecule has 2 aliphatic carbocycles. The van der Waals surface area contributed by atoms with Crippen LogP contribution in [0.4, 0.5) is 34.1 Å². The highest BCUT2D eigenvalue weighted by molar-refractivity contribution is 7.22. The molecule has 0 aliphatic heterocycles. The van der Waals surface area contributed by atoms with Crippen molar-refractivity contribution in [3.8, 4) is 43.8 Å². The summed E-state index contributed by atoms with van der Waals surface area (Å²) in [5.41, 5.74) is 20.2. The zero-order chi connectivity index (χ0) is 43.6. The Bertz CT molecular complexity index is 3440. The fourth-order valence-corrected chi connectivity index (χ4v) is 12.2. The third kappa shape index (κ3) is 5.87. The van der Waals surface area contributed by atoms with Gasteiger partial charge >= 0.3 is 0 Å². The quantitative estimate of drug-likeness (QED) is 0.150. The third-order valence-electron chi connectivity index (χ3n) is 13.7. The Morgan fingerprint density at radius 1 is 0.318 bits per heavy atom. The Kier molecular flexibility index (Phi) is 8.97. The lowest BCUT2D eigenvalue weighted by Gasteiger charge is -2.32. The summed E-state index contributed by atoms with van der Waals surface area (Å²) in [7, 11) is 0. The fraction of sp³-hybridized carbons (Fsp3) is 0.0159. The summed E-state index contributed by atoms with van der Waals surface area (Å²) in [5.74, 6) is 0. The number of anilines is 6. The SMILES string of the molecule is c1ccc(-c2ccc(N(c3ccc(-c4ccccc4)cc3)c3cccc4c3-c3sc5ccccc5c3C43c4ccccc4-c4cc(N(c5ccccc5)c5ccccc5)ccc43)cc2)cc1. The van der Waals surface area contributed by atoms with Crippen molar-refractivity contribution < 1.29 is 0 Å². The van der Waals surface area contributed by atoms with Crippen LogP contribution in [0.2, 0.25) is 0 Å². The smallest absolute Gasteiger partial charge is 0.0740 e. The van der Waals surface area contributed by atoms with Gasteiger partial charge in [0, 0.05) is 43.6 Å². The summed E-state index contributed by atoms with van der Waals surface area (Å²) < 4.78 is 1.30. The number of fused-ring (bicyclic) bond motifs is 12. The van der Waals surface area contributed by atoms with E-state index in [4.69, 9.17) is 0 Å². The maximum Gasteiger partial charge on any atom is 0.0740 e. The lowest BCUT2D eigenvalue weighted by molar-refractivity contribution is 0.802. The van der Waals surface area contributed by atoms with Gasteiger partial charge < -0.3 is 9.80 Å². The Hall–Kier alpha value is -8.24. The van der Waals surface area contributed by atoms with Crippen molar-refractivity contribution >= 4 is 55.5 Å². The van der Waals surface area contributed by atoms with E-state index in [1.165, 1.54) is 81.8 Å². The molecule has 1 unspecified atom stereocenters. The number of rotatable bonds is 8. The molecule has 2 aliphatic rings. The van der Waals surface area contributed by atoms with E-state index in [9.17, 15) is 0 Å². The number of nitrogens with zero attached hydrogens (tertiary/aromatic N) is 2. The first-order chi connectivity index (χ1) is 32.8. The molecule has 0 saturated carbocycles. The van der Waals surface area contributed by atoms with Crippen LogP contribution in [-0.4, -0.2) is 0 Å². The van der Waals surface area contributed by atoms with Crippen molar-refractivity contribution in [2.45, 2.75) is 5.41 Å². The van der Waals surface area contributed by atoms with Gasteiger partial charge in [0.25, 0.3) is 0 Å². The summed E-state index contributed by atoms with van der Waals surface area (Å²) >= 11 is 1.93. The molecule has 0 saturated heterocycles. The van der Waals surface area contributed by atoms with Gasteiger partial charge in [-0.3, -0.25) is 0 Å². The van der Waals surface area contributed by atoms with Gasteiger partial charge in [0.2, 0.25) is 0 Å². The second-order valence-electron chi connectivity index (χ2n) is 17.2. The van der Waals surface area contributed by atoms with E-state index in [0.29, 0.717) is 0 Å². The number of hydrogen-bond donors (Lipinski definition) is 0. The van der Waals surface area contributed by atoms with Gasteiger partial charge in [-0.2, -0.15) is 0 Å². The van der Waals surface area contributed by atoms with Crippen LogP contribution in [0.3, 0.4) is 0 Å². The topological polar surface area (TPSA) is 6.48 Å². The number of thiophene rings is 1. The molecule has 1 atom stereocenters. The van der Waals surface area contributed by atoms with Crippen molar-refractivity contribution in [1.29, 1.82) is 0 Å². The monoisotopic (exact) mass is 858 g/mol. The van der Waals surface area contributed by atoms with Gasteiger partial charge in [-0.05, 0) is 134 Å². The van der Waals surface area contributed by atoms with Crippen molar-refractivity contribution in [3.05, 3.63) is 277 Å². The average molecular weight is 859 g/mol. The van der Waals surface area contributed by atoms with Gasteiger partial charge in [0.15, 0.2) is 0 Å². The summed E-state index contributed by atoms with van der Waals surface area (Å²) in [6.45, 7) is 0. The average Bonchev–Trinajstić information content (AvgIpc) is 4.02. The molecule has 10 aromatic carbocycles. The van der Waals surface area contributed by atoms with E-state index in [2.05, 4.69) is 265 Å². The van der Waals surface area contributed by atoms with Gasteiger partial charge in [0.05, 0.1) is 11.1 Å². The highest BCUT2D eigenvalue weighted by Crippen LogP contribution is 2.68. The van der Waals surface area contributed by atoms with E-state index in [1.807, 2.05) is 11.3 Å². The van der Waals surface area contributed by atoms with E-state index in [1.54, 1.807) is 0 Å². The van der Waals surface area contributed by atoms with E-state index >= 15 is 0 Å². The number of para-hydroxylation sites is 2. The van der Waals surface area contributed by atoms with Gasteiger partial charge in [0.1, 0.15) is 0 Å². The first-order valence-electron chi connectivity index (χ1n) is 22.7. The minimum absolute atomic E-state index is 0.547.